The summed E-state index contributed by atoms with van der Waals surface area (Å²) in [7, 11) is 0. The number of nitrogens with zero attached hydrogens (tertiary/aromatic N) is 3. The number of carboxylic acid groups (broad SMARTS) is 1. The molecule has 2 aromatic heterocycles. The number of halogens is 1. The highest BCUT2D eigenvalue weighted by atomic mass is 127. The van der Waals surface area contributed by atoms with Crippen LogP contribution in [0, 0.1) is 8.99 Å². The van der Waals surface area contributed by atoms with Gasteiger partial charge in [0.15, 0.2) is 11.5 Å². The van der Waals surface area contributed by atoms with Crippen LogP contribution in [0.2, 0.25) is 0 Å². The van der Waals surface area contributed by atoms with Gasteiger partial charge < -0.3 is 9.84 Å². The Kier molecular flexibility index (Phi) is 5.44. The van der Waals surface area contributed by atoms with Crippen molar-refractivity contribution < 1.29 is 14.6 Å². The van der Waals surface area contributed by atoms with E-state index in [4.69, 9.17) is 4.74 Å². The van der Waals surface area contributed by atoms with Crippen LogP contribution in [0.3, 0.4) is 0 Å². The Morgan fingerprint density at radius 2 is 2.07 bits per heavy atom. The lowest BCUT2D eigenvalue weighted by molar-refractivity contribution is -0.0412. The molecule has 1 aliphatic carbocycles. The second-order valence-corrected chi connectivity index (χ2v) is 9.22. The van der Waals surface area contributed by atoms with Crippen LogP contribution in [-0.4, -0.2) is 31.9 Å². The summed E-state index contributed by atoms with van der Waals surface area (Å²) in [6.45, 7) is 4.82. The number of carboxylic acids is 1. The molecule has 1 aromatic carbocycles. The minimum absolute atomic E-state index is 0.0875. The van der Waals surface area contributed by atoms with Crippen LogP contribution in [0.5, 0.6) is 0 Å². The minimum atomic E-state index is -1.02. The number of fused-ring (bicyclic) bond motifs is 1. The van der Waals surface area contributed by atoms with Crippen molar-refractivity contribution in [2.45, 2.75) is 39.4 Å². The summed E-state index contributed by atoms with van der Waals surface area (Å²) in [5.74, 6) is -0.382. The van der Waals surface area contributed by atoms with Crippen LogP contribution in [-0.2, 0) is 24.2 Å². The van der Waals surface area contributed by atoms with Crippen molar-refractivity contribution in [1.29, 1.82) is 0 Å². The molecular formula is C22H22IN3O3. The van der Waals surface area contributed by atoms with Crippen LogP contribution < -0.4 is 0 Å². The molecule has 29 heavy (non-hydrogen) atoms. The number of aromatic carboxylic acids is 1. The molecule has 2 heterocycles. The van der Waals surface area contributed by atoms with Crippen molar-refractivity contribution in [2.75, 3.05) is 0 Å². The van der Waals surface area contributed by atoms with Crippen molar-refractivity contribution in [3.8, 4) is 5.82 Å². The second kappa shape index (κ2) is 7.87. The number of hydrogen-bond donors (Lipinski definition) is 1. The molecule has 0 aliphatic heterocycles. The average molecular weight is 503 g/mol. The van der Waals surface area contributed by atoms with Crippen molar-refractivity contribution >= 4 is 28.6 Å². The SMILES string of the molecule is CC1(C)Cc2c(c(C(=O)O)nn2-c2cc(I)ccn2)CC1OCc1ccccc1. The second-order valence-electron chi connectivity index (χ2n) is 7.98. The molecule has 0 bridgehead atoms. The highest BCUT2D eigenvalue weighted by Gasteiger charge is 2.41. The lowest BCUT2D eigenvalue weighted by atomic mass is 9.73. The summed E-state index contributed by atoms with van der Waals surface area (Å²) in [5.41, 5.74) is 2.67. The number of aromatic nitrogens is 3. The number of hydrogen-bond acceptors (Lipinski definition) is 4. The molecule has 0 saturated carbocycles. The van der Waals surface area contributed by atoms with Gasteiger partial charge in [-0.15, -0.1) is 0 Å². The predicted molar refractivity (Wildman–Crippen MR) is 117 cm³/mol. The Morgan fingerprint density at radius 1 is 1.31 bits per heavy atom. The van der Waals surface area contributed by atoms with Gasteiger partial charge in [-0.25, -0.2) is 14.5 Å². The van der Waals surface area contributed by atoms with Crippen molar-refractivity contribution in [3.63, 3.8) is 0 Å². The number of carbonyl (C=O) groups is 1. The fourth-order valence-corrected chi connectivity index (χ4v) is 4.25. The fourth-order valence-electron chi connectivity index (χ4n) is 3.81. The van der Waals surface area contributed by atoms with Gasteiger partial charge in [0, 0.05) is 21.8 Å². The normalized spacial score (nSPS) is 17.7. The minimum Gasteiger partial charge on any atom is -0.476 e. The summed E-state index contributed by atoms with van der Waals surface area (Å²) >= 11 is 2.22. The van der Waals surface area contributed by atoms with Gasteiger partial charge in [-0.05, 0) is 52.1 Å². The molecule has 1 aliphatic rings. The van der Waals surface area contributed by atoms with Gasteiger partial charge in [-0.1, -0.05) is 44.2 Å². The molecular weight excluding hydrogens is 481 g/mol. The van der Waals surface area contributed by atoms with Gasteiger partial charge in [-0.2, -0.15) is 5.10 Å². The molecule has 0 fully saturated rings. The lowest BCUT2D eigenvalue weighted by Crippen LogP contribution is -2.40. The maximum absolute atomic E-state index is 11.9. The molecule has 1 unspecified atom stereocenters. The zero-order valence-corrected chi connectivity index (χ0v) is 18.5. The molecule has 0 radical (unpaired) electrons. The topological polar surface area (TPSA) is 77.2 Å². The van der Waals surface area contributed by atoms with E-state index in [-0.39, 0.29) is 17.2 Å². The van der Waals surface area contributed by atoms with Crippen LogP contribution in [0.4, 0.5) is 0 Å². The summed E-state index contributed by atoms with van der Waals surface area (Å²) < 4.78 is 8.97. The molecule has 6 nitrogen and oxygen atoms in total. The zero-order valence-electron chi connectivity index (χ0n) is 16.3. The first-order valence-electron chi connectivity index (χ1n) is 9.46. The molecule has 1 atom stereocenters. The Bertz CT molecular complexity index is 1050. The molecule has 0 spiro atoms. The van der Waals surface area contributed by atoms with Crippen LogP contribution in [0.1, 0.15) is 41.2 Å². The Hall–Kier alpha value is -2.26. The number of pyridine rings is 1. The summed E-state index contributed by atoms with van der Waals surface area (Å²) in [4.78, 5) is 16.3. The van der Waals surface area contributed by atoms with Crippen molar-refractivity contribution in [3.05, 3.63) is 74.7 Å². The quantitative estimate of drug-likeness (QED) is 0.527. The fraction of sp³-hybridized carbons (Fsp3) is 0.318. The third-order valence-electron chi connectivity index (χ3n) is 5.40. The summed E-state index contributed by atoms with van der Waals surface area (Å²) in [5, 5.41) is 14.2. The van der Waals surface area contributed by atoms with E-state index in [9.17, 15) is 9.90 Å². The molecule has 0 saturated heterocycles. The van der Waals surface area contributed by atoms with Gasteiger partial charge in [-0.3, -0.25) is 0 Å². The van der Waals surface area contributed by atoms with Gasteiger partial charge >= 0.3 is 5.97 Å². The first kappa shape index (κ1) is 20.0. The van der Waals surface area contributed by atoms with E-state index in [1.54, 1.807) is 10.9 Å². The summed E-state index contributed by atoms with van der Waals surface area (Å²) in [6.07, 6.45) is 2.79. The van der Waals surface area contributed by atoms with E-state index in [1.807, 2.05) is 42.5 Å². The van der Waals surface area contributed by atoms with Gasteiger partial charge in [0.2, 0.25) is 0 Å². The monoisotopic (exact) mass is 503 g/mol. The molecule has 4 rings (SSSR count). The van der Waals surface area contributed by atoms with Crippen molar-refractivity contribution in [2.24, 2.45) is 5.41 Å². The third kappa shape index (κ3) is 4.06. The number of benzene rings is 1. The van der Waals surface area contributed by atoms with Crippen LogP contribution >= 0.6 is 22.6 Å². The standard InChI is InChI=1S/C22H22IN3O3/c1-22(2)12-17-16(11-18(22)29-13-14-6-4-3-5-7-14)20(21(27)28)25-26(17)19-10-15(23)8-9-24-19/h3-10,18H,11-13H2,1-2H3,(H,27,28). The van der Waals surface area contributed by atoms with E-state index in [0.29, 0.717) is 25.3 Å². The molecule has 0 amide bonds. The highest BCUT2D eigenvalue weighted by molar-refractivity contribution is 14.1. The third-order valence-corrected chi connectivity index (χ3v) is 6.07. The maximum Gasteiger partial charge on any atom is 0.356 e. The maximum atomic E-state index is 11.9. The molecule has 7 heteroatoms. The van der Waals surface area contributed by atoms with E-state index < -0.39 is 5.97 Å². The first-order valence-corrected chi connectivity index (χ1v) is 10.5. The predicted octanol–water partition coefficient (Wildman–Crippen LogP) is 4.28. The lowest BCUT2D eigenvalue weighted by Gasteiger charge is -2.38. The average Bonchev–Trinajstić information content (AvgIpc) is 3.04. The van der Waals surface area contributed by atoms with Gasteiger partial charge in [0.25, 0.3) is 0 Å². The smallest absolute Gasteiger partial charge is 0.356 e. The van der Waals surface area contributed by atoms with Crippen molar-refractivity contribution in [1.82, 2.24) is 14.8 Å². The van der Waals surface area contributed by atoms with E-state index >= 15 is 0 Å². The number of ether oxygens (including phenoxy) is 1. The summed E-state index contributed by atoms with van der Waals surface area (Å²) in [6, 6.07) is 13.8. The van der Waals surface area contributed by atoms with Gasteiger partial charge in [0.05, 0.1) is 18.4 Å². The number of rotatable bonds is 5. The van der Waals surface area contributed by atoms with Crippen LogP contribution in [0.25, 0.3) is 5.82 Å². The van der Waals surface area contributed by atoms with E-state index in [1.165, 1.54) is 0 Å². The first-order chi connectivity index (χ1) is 13.8. The molecule has 3 aromatic rings. The van der Waals surface area contributed by atoms with Crippen LogP contribution in [0.15, 0.2) is 48.7 Å². The Balaban J connectivity index is 1.69. The Labute approximate surface area is 183 Å². The molecule has 150 valence electrons. The Morgan fingerprint density at radius 3 is 2.76 bits per heavy atom. The van der Waals surface area contributed by atoms with Gasteiger partial charge in [0.1, 0.15) is 0 Å². The molecule has 1 N–H and O–H groups in total. The highest BCUT2D eigenvalue weighted by Crippen LogP contribution is 2.39. The van der Waals surface area contributed by atoms with E-state index in [2.05, 4.69) is 46.5 Å². The zero-order chi connectivity index (χ0) is 20.6. The largest absolute Gasteiger partial charge is 0.476 e. The van der Waals surface area contributed by atoms with E-state index in [0.717, 1.165) is 20.4 Å².